The van der Waals surface area contributed by atoms with Gasteiger partial charge in [-0.2, -0.15) is 4.31 Å². The maximum absolute atomic E-state index is 13.1. The third-order valence-corrected chi connectivity index (χ3v) is 6.32. The molecule has 7 heteroatoms. The zero-order valence-electron chi connectivity index (χ0n) is 16.2. The molecule has 0 fully saturated rings. The van der Waals surface area contributed by atoms with Gasteiger partial charge in [-0.3, -0.25) is 9.78 Å². The number of rotatable bonds is 8. The molecule has 0 bridgehead atoms. The summed E-state index contributed by atoms with van der Waals surface area (Å²) in [6.45, 7) is 0.189. The van der Waals surface area contributed by atoms with E-state index >= 15 is 0 Å². The van der Waals surface area contributed by atoms with Gasteiger partial charge in [-0.05, 0) is 36.2 Å². The van der Waals surface area contributed by atoms with Gasteiger partial charge in [-0.25, -0.2) is 8.42 Å². The second kappa shape index (κ2) is 9.45. The lowest BCUT2D eigenvalue weighted by atomic mass is 10.1. The summed E-state index contributed by atoms with van der Waals surface area (Å²) in [5.74, 6) is -0.290. The van der Waals surface area contributed by atoms with Crippen LogP contribution in [-0.2, 0) is 21.2 Å². The second-order valence-electron chi connectivity index (χ2n) is 6.57. The Balaban J connectivity index is 1.77. The van der Waals surface area contributed by atoms with Crippen LogP contribution in [0, 0.1) is 0 Å². The molecule has 150 valence electrons. The molecule has 0 unspecified atom stereocenters. The van der Waals surface area contributed by atoms with Crippen LogP contribution in [0.5, 0.6) is 0 Å². The van der Waals surface area contributed by atoms with Gasteiger partial charge >= 0.3 is 0 Å². The highest BCUT2D eigenvalue weighted by atomic mass is 32.2. The van der Waals surface area contributed by atoms with Gasteiger partial charge in [0.05, 0.1) is 6.54 Å². The van der Waals surface area contributed by atoms with E-state index < -0.39 is 10.0 Å². The Morgan fingerprint density at radius 2 is 1.59 bits per heavy atom. The molecule has 29 heavy (non-hydrogen) atoms. The van der Waals surface area contributed by atoms with Crippen molar-refractivity contribution in [2.24, 2.45) is 0 Å². The number of aromatic nitrogens is 1. The van der Waals surface area contributed by atoms with Crippen LogP contribution in [0.3, 0.4) is 0 Å². The average Bonchev–Trinajstić information content (AvgIpc) is 2.76. The van der Waals surface area contributed by atoms with E-state index in [4.69, 9.17) is 0 Å². The summed E-state index contributed by atoms with van der Waals surface area (Å²) < 4.78 is 26.5. The first-order valence-corrected chi connectivity index (χ1v) is 10.7. The molecule has 0 N–H and O–H groups in total. The Kier molecular flexibility index (Phi) is 6.74. The summed E-state index contributed by atoms with van der Waals surface area (Å²) in [4.78, 5) is 18.6. The van der Waals surface area contributed by atoms with Crippen molar-refractivity contribution in [3.8, 4) is 0 Å². The van der Waals surface area contributed by atoms with Crippen LogP contribution in [0.25, 0.3) is 0 Å². The van der Waals surface area contributed by atoms with Crippen molar-refractivity contribution in [3.05, 3.63) is 90.8 Å². The van der Waals surface area contributed by atoms with E-state index in [1.54, 1.807) is 11.0 Å². The molecule has 1 heterocycles. The number of sulfonamides is 1. The Bertz CT molecular complexity index is 1030. The largest absolute Gasteiger partial charge is 0.311 e. The monoisotopic (exact) mass is 409 g/mol. The highest BCUT2D eigenvalue weighted by molar-refractivity contribution is 7.89. The van der Waals surface area contributed by atoms with Gasteiger partial charge in [-0.15, -0.1) is 0 Å². The normalized spacial score (nSPS) is 11.4. The minimum absolute atomic E-state index is 0.0610. The Labute approximate surface area is 171 Å². The highest BCUT2D eigenvalue weighted by Crippen LogP contribution is 2.17. The first-order valence-electron chi connectivity index (χ1n) is 9.24. The molecule has 0 spiro atoms. The number of nitrogens with zero attached hydrogens (tertiary/aromatic N) is 3. The second-order valence-corrected chi connectivity index (χ2v) is 8.61. The molecule has 0 saturated carbocycles. The average molecular weight is 410 g/mol. The van der Waals surface area contributed by atoms with Gasteiger partial charge in [0.15, 0.2) is 0 Å². The number of carbonyl (C=O) groups is 1. The van der Waals surface area contributed by atoms with Gasteiger partial charge < -0.3 is 4.90 Å². The van der Waals surface area contributed by atoms with Crippen LogP contribution in [0.4, 0.5) is 5.69 Å². The standard InChI is InChI=1S/C22H23N3O3S/c1-24(29(27,28)21-13-8-15-23-17-21)18-22(26)25(20-11-6-3-7-12-20)16-14-19-9-4-2-5-10-19/h2-13,15,17H,14,16,18H2,1H3. The van der Waals surface area contributed by atoms with Gasteiger partial charge in [0.1, 0.15) is 4.90 Å². The molecule has 0 aliphatic heterocycles. The fourth-order valence-electron chi connectivity index (χ4n) is 2.93. The van der Waals surface area contributed by atoms with E-state index in [2.05, 4.69) is 4.98 Å². The minimum Gasteiger partial charge on any atom is -0.311 e. The third-order valence-electron chi connectivity index (χ3n) is 4.54. The van der Waals surface area contributed by atoms with Crippen molar-refractivity contribution < 1.29 is 13.2 Å². The Morgan fingerprint density at radius 3 is 2.21 bits per heavy atom. The number of carbonyl (C=O) groups excluding carboxylic acids is 1. The van der Waals surface area contributed by atoms with Gasteiger partial charge in [0.2, 0.25) is 15.9 Å². The first-order chi connectivity index (χ1) is 14.0. The maximum atomic E-state index is 13.1. The quantitative estimate of drug-likeness (QED) is 0.574. The fourth-order valence-corrected chi connectivity index (χ4v) is 4.02. The predicted molar refractivity (Wildman–Crippen MR) is 113 cm³/mol. The highest BCUT2D eigenvalue weighted by Gasteiger charge is 2.26. The summed E-state index contributed by atoms with van der Waals surface area (Å²) in [5, 5.41) is 0. The Morgan fingerprint density at radius 1 is 0.931 bits per heavy atom. The number of hydrogen-bond donors (Lipinski definition) is 0. The van der Waals surface area contributed by atoms with Crippen LogP contribution < -0.4 is 4.90 Å². The number of para-hydroxylation sites is 1. The van der Waals surface area contributed by atoms with E-state index in [0.717, 1.165) is 15.6 Å². The molecule has 0 atom stereocenters. The van der Waals surface area contributed by atoms with E-state index in [1.165, 1.54) is 25.5 Å². The third kappa shape index (κ3) is 5.28. The molecule has 0 aliphatic carbocycles. The van der Waals surface area contributed by atoms with Crippen molar-refractivity contribution in [1.29, 1.82) is 0 Å². The van der Waals surface area contributed by atoms with E-state index in [0.29, 0.717) is 13.0 Å². The van der Waals surface area contributed by atoms with Gasteiger partial charge in [0, 0.05) is 31.7 Å². The van der Waals surface area contributed by atoms with E-state index in [1.807, 2.05) is 60.7 Å². The molecule has 0 radical (unpaired) electrons. The van der Waals surface area contributed by atoms with Crippen molar-refractivity contribution in [1.82, 2.24) is 9.29 Å². The summed E-state index contributed by atoms with van der Waals surface area (Å²) in [6.07, 6.45) is 3.45. The van der Waals surface area contributed by atoms with Crippen LogP contribution >= 0.6 is 0 Å². The van der Waals surface area contributed by atoms with Crippen LogP contribution in [-0.4, -0.2) is 43.8 Å². The molecule has 1 amide bonds. The fraction of sp³-hybridized carbons (Fsp3) is 0.182. The van der Waals surface area contributed by atoms with Crippen molar-refractivity contribution >= 4 is 21.6 Å². The minimum atomic E-state index is -3.79. The molecular weight excluding hydrogens is 386 g/mol. The summed E-state index contributed by atoms with van der Waals surface area (Å²) in [7, 11) is -2.39. The molecular formula is C22H23N3O3S. The van der Waals surface area contributed by atoms with Crippen molar-refractivity contribution in [2.75, 3.05) is 25.0 Å². The Hall–Kier alpha value is -3.03. The number of pyridine rings is 1. The number of likely N-dealkylation sites (N-methyl/N-ethyl adjacent to an activating group) is 1. The van der Waals surface area contributed by atoms with Crippen LogP contribution in [0.2, 0.25) is 0 Å². The molecule has 0 saturated heterocycles. The van der Waals surface area contributed by atoms with Crippen LogP contribution in [0.1, 0.15) is 5.56 Å². The number of anilines is 1. The van der Waals surface area contributed by atoms with E-state index in [-0.39, 0.29) is 17.3 Å². The molecule has 1 aromatic heterocycles. The lowest BCUT2D eigenvalue weighted by molar-refractivity contribution is -0.118. The van der Waals surface area contributed by atoms with Crippen molar-refractivity contribution in [3.63, 3.8) is 0 Å². The maximum Gasteiger partial charge on any atom is 0.244 e. The molecule has 0 aliphatic rings. The zero-order chi connectivity index (χ0) is 20.7. The smallest absolute Gasteiger partial charge is 0.244 e. The first kappa shape index (κ1) is 20.7. The lowest BCUT2D eigenvalue weighted by Crippen LogP contribution is -2.42. The number of amides is 1. The molecule has 3 rings (SSSR count). The molecule has 6 nitrogen and oxygen atoms in total. The number of benzene rings is 2. The van der Waals surface area contributed by atoms with E-state index in [9.17, 15) is 13.2 Å². The SMILES string of the molecule is CN(CC(=O)N(CCc1ccccc1)c1ccccc1)S(=O)(=O)c1cccnc1. The van der Waals surface area contributed by atoms with Gasteiger partial charge in [-0.1, -0.05) is 48.5 Å². The van der Waals surface area contributed by atoms with Crippen LogP contribution in [0.15, 0.2) is 90.1 Å². The number of hydrogen-bond acceptors (Lipinski definition) is 4. The summed E-state index contributed by atoms with van der Waals surface area (Å²) in [5.41, 5.74) is 1.85. The summed E-state index contributed by atoms with van der Waals surface area (Å²) >= 11 is 0. The zero-order valence-corrected chi connectivity index (χ0v) is 17.0. The van der Waals surface area contributed by atoms with Gasteiger partial charge in [0.25, 0.3) is 0 Å². The summed E-state index contributed by atoms with van der Waals surface area (Å²) in [6, 6.07) is 22.2. The molecule has 3 aromatic rings. The molecule has 2 aromatic carbocycles. The predicted octanol–water partition coefficient (Wildman–Crippen LogP) is 2.98. The topological polar surface area (TPSA) is 70.6 Å². The lowest BCUT2D eigenvalue weighted by Gasteiger charge is -2.25. The van der Waals surface area contributed by atoms with Crippen molar-refractivity contribution in [2.45, 2.75) is 11.3 Å².